The molecular formula is C74H60N2S2. The first-order chi connectivity index (χ1) is 37.8. The predicted molar refractivity (Wildman–Crippen MR) is 343 cm³/mol. The smallest absolute Gasteiger partial charge is 0.0669 e. The van der Waals surface area contributed by atoms with E-state index in [4.69, 9.17) is 0 Å². The number of thiophene rings is 2. The lowest BCUT2D eigenvalue weighted by molar-refractivity contribution is 0.596. The van der Waals surface area contributed by atoms with Crippen LogP contribution in [0.2, 0.25) is 0 Å². The Hall–Kier alpha value is -8.28. The van der Waals surface area contributed by atoms with Gasteiger partial charge in [-0.3, -0.25) is 0 Å². The standard InChI is InChI=1S/C74H60N2S2/c1-45-31-37-57-55-27-17-29-61(73(3,4)5)69(55)77-71(57)67(45)75(53-25-15-23-51(43-53)47-19-11-9-12-20-47)63-41-35-49-34-40-60-64(42-36-50-33-39-59(63)65(49)66(50)60)76(54-26-16-24-52(44-54)48-21-13-10-14-22-48)68-46(2)32-38-58-56-28-18-30-62(74(6,7)8)70(56)78-72(58)68/h9-44H,1-8H3. The van der Waals surface area contributed by atoms with Crippen molar-refractivity contribution in [2.24, 2.45) is 0 Å². The minimum atomic E-state index is -0.0105. The largest absolute Gasteiger partial charge is 0.308 e. The molecule has 0 aliphatic rings. The molecule has 2 heterocycles. The molecule has 0 aliphatic carbocycles. The van der Waals surface area contributed by atoms with Crippen molar-refractivity contribution in [1.82, 2.24) is 0 Å². The SMILES string of the molecule is Cc1ccc2c(sc3c(C(C)(C)C)cccc32)c1N(c1cccc(-c2ccccc2)c1)c1ccc2ccc3c(N(c4cccc(-c5ccccc5)c4)c4c(C)ccc5c4sc4c(C(C)(C)C)cccc45)ccc4ccc1c2c43. The van der Waals surface area contributed by atoms with E-state index in [2.05, 4.69) is 284 Å². The van der Waals surface area contributed by atoms with Crippen LogP contribution in [0.3, 0.4) is 0 Å². The van der Waals surface area contributed by atoms with Crippen LogP contribution in [0.25, 0.3) is 94.9 Å². The summed E-state index contributed by atoms with van der Waals surface area (Å²) in [4.78, 5) is 5.17. The quantitative estimate of drug-likeness (QED) is 0.140. The summed E-state index contributed by atoms with van der Waals surface area (Å²) >= 11 is 3.89. The molecule has 14 rings (SSSR count). The lowest BCUT2D eigenvalue weighted by Crippen LogP contribution is -2.13. The first kappa shape index (κ1) is 48.1. The summed E-state index contributed by atoms with van der Waals surface area (Å²) in [6.07, 6.45) is 0. The molecule has 4 heteroatoms. The summed E-state index contributed by atoms with van der Waals surface area (Å²) in [6, 6.07) is 82.2. The Morgan fingerprint density at radius 1 is 0.308 bits per heavy atom. The van der Waals surface area contributed by atoms with Gasteiger partial charge in [-0.05, 0) is 127 Å². The highest BCUT2D eigenvalue weighted by atomic mass is 32.1. The highest BCUT2D eigenvalue weighted by Gasteiger charge is 2.29. The van der Waals surface area contributed by atoms with Gasteiger partial charge in [-0.15, -0.1) is 22.7 Å². The highest BCUT2D eigenvalue weighted by molar-refractivity contribution is 7.27. The molecule has 0 saturated heterocycles. The zero-order valence-corrected chi connectivity index (χ0v) is 47.1. The highest BCUT2D eigenvalue weighted by Crippen LogP contribution is 2.54. The normalized spacial score (nSPS) is 12.4. The number of nitrogens with zero attached hydrogens (tertiary/aromatic N) is 2. The van der Waals surface area contributed by atoms with Gasteiger partial charge < -0.3 is 9.80 Å². The van der Waals surface area contributed by atoms with E-state index < -0.39 is 0 Å². The Labute approximate surface area is 465 Å². The third-order valence-electron chi connectivity index (χ3n) is 16.3. The minimum Gasteiger partial charge on any atom is -0.308 e. The van der Waals surface area contributed by atoms with Crippen molar-refractivity contribution in [3.8, 4) is 22.3 Å². The first-order valence-electron chi connectivity index (χ1n) is 27.3. The van der Waals surface area contributed by atoms with Crippen LogP contribution in [-0.4, -0.2) is 0 Å². The average molecular weight is 1040 g/mol. The Kier molecular flexibility index (Phi) is 11.2. The second-order valence-corrected chi connectivity index (χ2v) is 25.4. The molecule has 378 valence electrons. The van der Waals surface area contributed by atoms with Crippen LogP contribution in [0, 0.1) is 13.8 Å². The summed E-state index contributed by atoms with van der Waals surface area (Å²) in [5.41, 5.74) is 17.0. The third kappa shape index (κ3) is 7.71. The summed E-state index contributed by atoms with van der Waals surface area (Å²) in [6.45, 7) is 18.6. The molecule has 0 amide bonds. The minimum absolute atomic E-state index is 0.0105. The van der Waals surface area contributed by atoms with E-state index in [9.17, 15) is 0 Å². The van der Waals surface area contributed by atoms with E-state index in [0.29, 0.717) is 0 Å². The van der Waals surface area contributed by atoms with E-state index in [1.807, 2.05) is 22.7 Å². The van der Waals surface area contributed by atoms with Crippen LogP contribution >= 0.6 is 22.7 Å². The fraction of sp³-hybridized carbons (Fsp3) is 0.135. The Balaban J connectivity index is 1.05. The Morgan fingerprint density at radius 2 is 0.667 bits per heavy atom. The van der Waals surface area contributed by atoms with Crippen LogP contribution in [0.15, 0.2) is 218 Å². The second kappa shape index (κ2) is 18.2. The van der Waals surface area contributed by atoms with E-state index in [1.165, 1.54) is 129 Å². The topological polar surface area (TPSA) is 6.48 Å². The van der Waals surface area contributed by atoms with Gasteiger partial charge in [-0.1, -0.05) is 224 Å². The van der Waals surface area contributed by atoms with Gasteiger partial charge in [0, 0.05) is 53.1 Å². The maximum Gasteiger partial charge on any atom is 0.0669 e. The average Bonchev–Trinajstić information content (AvgIpc) is 4.16. The van der Waals surface area contributed by atoms with Crippen molar-refractivity contribution in [1.29, 1.82) is 0 Å². The first-order valence-corrected chi connectivity index (χ1v) is 29.0. The molecule has 0 saturated carbocycles. The van der Waals surface area contributed by atoms with Crippen LogP contribution in [0.5, 0.6) is 0 Å². The molecule has 0 N–H and O–H groups in total. The van der Waals surface area contributed by atoms with Crippen molar-refractivity contribution < 1.29 is 0 Å². The third-order valence-corrected chi connectivity index (χ3v) is 18.8. The summed E-state index contributed by atoms with van der Waals surface area (Å²) in [7, 11) is 0. The van der Waals surface area contributed by atoms with Gasteiger partial charge in [0.25, 0.3) is 0 Å². The number of fused-ring (bicyclic) bond motifs is 6. The summed E-state index contributed by atoms with van der Waals surface area (Å²) < 4.78 is 5.33. The molecule has 78 heavy (non-hydrogen) atoms. The molecule has 2 aromatic heterocycles. The molecule has 0 spiro atoms. The van der Waals surface area contributed by atoms with Crippen molar-refractivity contribution in [2.45, 2.75) is 66.2 Å². The number of hydrogen-bond acceptors (Lipinski definition) is 4. The van der Waals surface area contributed by atoms with Gasteiger partial charge in [-0.2, -0.15) is 0 Å². The molecule has 14 aromatic rings. The van der Waals surface area contributed by atoms with Gasteiger partial charge >= 0.3 is 0 Å². The number of rotatable bonds is 8. The number of aryl methyl sites for hydroxylation is 2. The molecule has 0 atom stereocenters. The molecule has 0 radical (unpaired) electrons. The van der Waals surface area contributed by atoms with Crippen molar-refractivity contribution in [2.75, 3.05) is 9.80 Å². The van der Waals surface area contributed by atoms with Crippen LogP contribution in [0.1, 0.15) is 63.8 Å². The van der Waals surface area contributed by atoms with Crippen LogP contribution in [-0.2, 0) is 10.8 Å². The van der Waals surface area contributed by atoms with Crippen molar-refractivity contribution >= 4 is 129 Å². The fourth-order valence-electron chi connectivity index (χ4n) is 12.5. The van der Waals surface area contributed by atoms with Crippen molar-refractivity contribution in [3.63, 3.8) is 0 Å². The van der Waals surface area contributed by atoms with Gasteiger partial charge in [-0.25, -0.2) is 0 Å². The second-order valence-electron chi connectivity index (χ2n) is 23.4. The fourth-order valence-corrected chi connectivity index (χ4v) is 15.7. The van der Waals surface area contributed by atoms with E-state index in [1.54, 1.807) is 0 Å². The van der Waals surface area contributed by atoms with Gasteiger partial charge in [0.15, 0.2) is 0 Å². The maximum atomic E-state index is 2.59. The molecule has 2 nitrogen and oxygen atoms in total. The van der Waals surface area contributed by atoms with Crippen molar-refractivity contribution in [3.05, 3.63) is 241 Å². The van der Waals surface area contributed by atoms with Gasteiger partial charge in [0.1, 0.15) is 0 Å². The maximum absolute atomic E-state index is 2.59. The number of benzene rings is 12. The van der Waals surface area contributed by atoms with Crippen LogP contribution in [0.4, 0.5) is 34.1 Å². The number of hydrogen-bond donors (Lipinski definition) is 0. The lowest BCUT2D eigenvalue weighted by Gasteiger charge is -2.31. The molecule has 0 fully saturated rings. The van der Waals surface area contributed by atoms with E-state index >= 15 is 0 Å². The number of anilines is 6. The molecule has 0 bridgehead atoms. The molecule has 12 aromatic carbocycles. The van der Waals surface area contributed by atoms with E-state index in [0.717, 1.165) is 22.7 Å². The Bertz CT molecular complexity index is 4360. The lowest BCUT2D eigenvalue weighted by atomic mass is 9.86. The molecule has 0 unspecified atom stereocenters. The molecule has 0 aliphatic heterocycles. The zero-order valence-electron chi connectivity index (χ0n) is 45.5. The van der Waals surface area contributed by atoms with Crippen LogP contribution < -0.4 is 9.80 Å². The van der Waals surface area contributed by atoms with E-state index in [-0.39, 0.29) is 10.8 Å². The summed E-state index contributed by atoms with van der Waals surface area (Å²) in [5.74, 6) is 0. The monoisotopic (exact) mass is 1040 g/mol. The van der Waals surface area contributed by atoms with Gasteiger partial charge in [0.05, 0.1) is 32.1 Å². The predicted octanol–water partition coefficient (Wildman–Crippen LogP) is 22.8. The zero-order chi connectivity index (χ0) is 53.2. The summed E-state index contributed by atoms with van der Waals surface area (Å²) in [5, 5.41) is 12.7. The molecular weight excluding hydrogens is 981 g/mol. The van der Waals surface area contributed by atoms with Gasteiger partial charge in [0.2, 0.25) is 0 Å². The Morgan fingerprint density at radius 3 is 1.08 bits per heavy atom.